The third kappa shape index (κ3) is 3.36. The van der Waals surface area contributed by atoms with Crippen molar-refractivity contribution in [2.75, 3.05) is 44.1 Å². The maximum absolute atomic E-state index is 5.48. The van der Waals surface area contributed by atoms with Gasteiger partial charge in [-0.1, -0.05) is 6.92 Å². The molecule has 7 heteroatoms. The molecule has 3 N–H and O–H groups in total. The second-order valence-corrected chi connectivity index (χ2v) is 5.09. The van der Waals surface area contributed by atoms with Crippen LogP contribution in [0.25, 0.3) is 0 Å². The van der Waals surface area contributed by atoms with E-state index in [1.807, 2.05) is 6.07 Å². The lowest BCUT2D eigenvalue weighted by Gasteiger charge is -2.39. The number of ether oxygens (including phenoxy) is 1. The summed E-state index contributed by atoms with van der Waals surface area (Å²) in [6.45, 7) is 5.57. The van der Waals surface area contributed by atoms with Gasteiger partial charge in [0.2, 0.25) is 0 Å². The van der Waals surface area contributed by atoms with E-state index in [2.05, 4.69) is 39.2 Å². The lowest BCUT2D eigenvalue weighted by molar-refractivity contribution is 0.177. The molecule has 1 fully saturated rings. The topological polar surface area (TPSA) is 79.5 Å². The molecule has 7 nitrogen and oxygen atoms in total. The fourth-order valence-corrected chi connectivity index (χ4v) is 2.51. The Morgan fingerprint density at radius 3 is 2.90 bits per heavy atom. The third-order valence-corrected chi connectivity index (χ3v) is 3.75. The SMILES string of the molecule is CCC1CN(c2cc(NN)nc(COC)n2)CCN1C. The second kappa shape index (κ2) is 6.83. The molecule has 0 bridgehead atoms. The zero-order chi connectivity index (χ0) is 14.5. The van der Waals surface area contributed by atoms with Crippen molar-refractivity contribution < 1.29 is 4.74 Å². The first-order valence-corrected chi connectivity index (χ1v) is 6.96. The lowest BCUT2D eigenvalue weighted by Crippen LogP contribution is -2.51. The minimum Gasteiger partial charge on any atom is -0.377 e. The summed E-state index contributed by atoms with van der Waals surface area (Å²) >= 11 is 0. The number of methoxy groups -OCH3 is 1. The van der Waals surface area contributed by atoms with Crippen LogP contribution in [0.2, 0.25) is 0 Å². The molecule has 0 aliphatic carbocycles. The van der Waals surface area contributed by atoms with E-state index in [4.69, 9.17) is 10.6 Å². The van der Waals surface area contributed by atoms with Crippen LogP contribution in [0.1, 0.15) is 19.2 Å². The van der Waals surface area contributed by atoms with E-state index in [1.54, 1.807) is 7.11 Å². The molecule has 20 heavy (non-hydrogen) atoms. The minimum absolute atomic E-state index is 0.382. The molecule has 1 aromatic heterocycles. The number of hydrazine groups is 1. The zero-order valence-corrected chi connectivity index (χ0v) is 12.5. The molecule has 2 rings (SSSR count). The van der Waals surface area contributed by atoms with Crippen molar-refractivity contribution in [3.8, 4) is 0 Å². The number of nitrogens with zero attached hydrogens (tertiary/aromatic N) is 4. The Morgan fingerprint density at radius 2 is 2.25 bits per heavy atom. The molecule has 1 aliphatic heterocycles. The molecule has 1 unspecified atom stereocenters. The Kier molecular flexibility index (Phi) is 5.11. The number of piperazine rings is 1. The summed E-state index contributed by atoms with van der Waals surface area (Å²) in [4.78, 5) is 13.5. The van der Waals surface area contributed by atoms with Crippen LogP contribution >= 0.6 is 0 Å². The van der Waals surface area contributed by atoms with Gasteiger partial charge in [0.15, 0.2) is 5.82 Å². The van der Waals surface area contributed by atoms with Crippen molar-refractivity contribution in [2.45, 2.75) is 26.0 Å². The van der Waals surface area contributed by atoms with Crippen LogP contribution in [-0.2, 0) is 11.3 Å². The molecule has 1 aromatic rings. The highest BCUT2D eigenvalue weighted by molar-refractivity contribution is 5.49. The first-order chi connectivity index (χ1) is 9.67. The highest BCUT2D eigenvalue weighted by atomic mass is 16.5. The molecule has 1 saturated heterocycles. The summed E-state index contributed by atoms with van der Waals surface area (Å²) in [5.41, 5.74) is 2.60. The molecule has 0 spiro atoms. The summed E-state index contributed by atoms with van der Waals surface area (Å²) in [7, 11) is 3.81. The van der Waals surface area contributed by atoms with Crippen LogP contribution in [0.5, 0.6) is 0 Å². The zero-order valence-electron chi connectivity index (χ0n) is 12.5. The Balaban J connectivity index is 2.20. The molecule has 0 radical (unpaired) electrons. The van der Waals surface area contributed by atoms with Gasteiger partial charge in [0.25, 0.3) is 0 Å². The van der Waals surface area contributed by atoms with E-state index in [-0.39, 0.29) is 0 Å². The molecular weight excluding hydrogens is 256 g/mol. The summed E-state index contributed by atoms with van der Waals surface area (Å²) in [6, 6.07) is 2.44. The van der Waals surface area contributed by atoms with E-state index >= 15 is 0 Å². The molecular formula is C13H24N6O. The van der Waals surface area contributed by atoms with Gasteiger partial charge < -0.3 is 15.1 Å². The highest BCUT2D eigenvalue weighted by Gasteiger charge is 2.24. The van der Waals surface area contributed by atoms with Crippen molar-refractivity contribution in [2.24, 2.45) is 5.84 Å². The lowest BCUT2D eigenvalue weighted by atomic mass is 10.1. The first kappa shape index (κ1) is 15.0. The number of likely N-dealkylation sites (N-methyl/N-ethyl adjacent to an activating group) is 1. The van der Waals surface area contributed by atoms with E-state index in [1.165, 1.54) is 0 Å². The van der Waals surface area contributed by atoms with Gasteiger partial charge >= 0.3 is 0 Å². The van der Waals surface area contributed by atoms with Gasteiger partial charge in [-0.25, -0.2) is 15.8 Å². The fraction of sp³-hybridized carbons (Fsp3) is 0.692. The summed E-state index contributed by atoms with van der Waals surface area (Å²) in [6.07, 6.45) is 1.13. The maximum atomic E-state index is 5.48. The third-order valence-electron chi connectivity index (χ3n) is 3.75. The average molecular weight is 280 g/mol. The number of nitrogens with one attached hydrogen (secondary N) is 1. The monoisotopic (exact) mass is 280 g/mol. The van der Waals surface area contributed by atoms with E-state index < -0.39 is 0 Å². The molecule has 1 aliphatic rings. The van der Waals surface area contributed by atoms with E-state index in [9.17, 15) is 0 Å². The fourth-order valence-electron chi connectivity index (χ4n) is 2.51. The van der Waals surface area contributed by atoms with Crippen LogP contribution in [0.4, 0.5) is 11.6 Å². The van der Waals surface area contributed by atoms with Gasteiger partial charge in [-0.15, -0.1) is 0 Å². The highest BCUT2D eigenvalue weighted by Crippen LogP contribution is 2.20. The van der Waals surface area contributed by atoms with Crippen molar-refractivity contribution in [3.63, 3.8) is 0 Å². The normalized spacial score (nSPS) is 20.2. The van der Waals surface area contributed by atoms with Crippen molar-refractivity contribution in [3.05, 3.63) is 11.9 Å². The predicted molar refractivity (Wildman–Crippen MR) is 79.5 cm³/mol. The van der Waals surface area contributed by atoms with Gasteiger partial charge in [0.1, 0.15) is 18.2 Å². The Bertz CT molecular complexity index is 441. The molecule has 0 aromatic carbocycles. The standard InChI is InChI=1S/C13H24N6O/c1-4-10-8-19(6-5-18(10)2)13-7-11(17-14)15-12(16-13)9-20-3/h7,10H,4-6,8-9,14H2,1-3H3,(H,15,16,17). The van der Waals surface area contributed by atoms with Crippen LogP contribution < -0.4 is 16.2 Å². The number of rotatable bonds is 5. The number of hydrogen-bond acceptors (Lipinski definition) is 7. The maximum Gasteiger partial charge on any atom is 0.158 e. The number of hydrogen-bond donors (Lipinski definition) is 2. The molecule has 112 valence electrons. The Morgan fingerprint density at radius 1 is 1.45 bits per heavy atom. The van der Waals surface area contributed by atoms with Crippen molar-refractivity contribution >= 4 is 11.6 Å². The first-order valence-electron chi connectivity index (χ1n) is 6.96. The summed E-state index contributed by atoms with van der Waals surface area (Å²) in [5, 5.41) is 0. The van der Waals surface area contributed by atoms with Crippen LogP contribution in [0.3, 0.4) is 0 Å². The largest absolute Gasteiger partial charge is 0.377 e. The summed E-state index contributed by atoms with van der Waals surface area (Å²) in [5.74, 6) is 7.65. The molecule has 2 heterocycles. The van der Waals surface area contributed by atoms with Crippen molar-refractivity contribution in [1.29, 1.82) is 0 Å². The van der Waals surface area contributed by atoms with Gasteiger partial charge in [0, 0.05) is 38.9 Å². The van der Waals surface area contributed by atoms with Crippen LogP contribution in [0, 0.1) is 0 Å². The quantitative estimate of drug-likeness (QED) is 0.598. The number of nitrogens with two attached hydrogens (primary N) is 1. The number of anilines is 2. The van der Waals surface area contributed by atoms with Crippen molar-refractivity contribution in [1.82, 2.24) is 14.9 Å². The second-order valence-electron chi connectivity index (χ2n) is 5.09. The predicted octanol–water partition coefficient (Wildman–Crippen LogP) is 0.439. The van der Waals surface area contributed by atoms with Gasteiger partial charge in [-0.2, -0.15) is 0 Å². The Hall–Kier alpha value is -1.44. The molecule has 0 saturated carbocycles. The van der Waals surface area contributed by atoms with Gasteiger partial charge in [-0.3, -0.25) is 4.90 Å². The smallest absolute Gasteiger partial charge is 0.158 e. The molecule has 0 amide bonds. The summed E-state index contributed by atoms with van der Waals surface area (Å²) < 4.78 is 5.11. The Labute approximate surface area is 120 Å². The van der Waals surface area contributed by atoms with E-state index in [0.717, 1.165) is 31.9 Å². The van der Waals surface area contributed by atoms with Crippen LogP contribution in [-0.4, -0.2) is 54.7 Å². The molecule has 1 atom stereocenters. The van der Waals surface area contributed by atoms with Gasteiger partial charge in [-0.05, 0) is 13.5 Å². The minimum atomic E-state index is 0.382. The number of aromatic nitrogens is 2. The average Bonchev–Trinajstić information content (AvgIpc) is 2.47. The van der Waals surface area contributed by atoms with Gasteiger partial charge in [0.05, 0.1) is 0 Å². The number of nitrogen functional groups attached to an aromatic ring is 1. The van der Waals surface area contributed by atoms with E-state index in [0.29, 0.717) is 24.3 Å². The van der Waals surface area contributed by atoms with Crippen LogP contribution in [0.15, 0.2) is 6.07 Å².